The van der Waals surface area contributed by atoms with E-state index in [0.717, 1.165) is 54.9 Å². The number of aromatic nitrogens is 1. The van der Waals surface area contributed by atoms with E-state index in [4.69, 9.17) is 19.2 Å². The van der Waals surface area contributed by atoms with Crippen LogP contribution < -0.4 is 4.74 Å². The monoisotopic (exact) mass is 374 g/mol. The lowest BCUT2D eigenvalue weighted by molar-refractivity contribution is -0.101. The molecule has 0 bridgehead atoms. The van der Waals surface area contributed by atoms with Crippen LogP contribution in [-0.4, -0.2) is 49.1 Å². The third-order valence-electron chi connectivity index (χ3n) is 4.92. The van der Waals surface area contributed by atoms with Gasteiger partial charge in [-0.3, -0.25) is 4.90 Å². The molecule has 0 saturated carbocycles. The molecule has 2 aliphatic rings. The van der Waals surface area contributed by atoms with Crippen molar-refractivity contribution in [2.75, 3.05) is 32.9 Å². The number of rotatable bonds is 6. The minimum absolute atomic E-state index is 0.00681. The highest BCUT2D eigenvalue weighted by molar-refractivity contribution is 7.13. The molecular formula is C20H26N2O3S. The summed E-state index contributed by atoms with van der Waals surface area (Å²) in [5, 5.41) is 3.25. The number of thiazole rings is 1. The van der Waals surface area contributed by atoms with Crippen molar-refractivity contribution in [1.29, 1.82) is 0 Å². The van der Waals surface area contributed by atoms with Gasteiger partial charge < -0.3 is 14.2 Å². The number of piperidine rings is 1. The zero-order valence-electron chi connectivity index (χ0n) is 15.2. The van der Waals surface area contributed by atoms with Crippen molar-refractivity contribution in [1.82, 2.24) is 9.88 Å². The second-order valence-corrected chi connectivity index (χ2v) is 7.71. The molecule has 5 nitrogen and oxygen atoms in total. The molecule has 0 N–H and O–H groups in total. The molecule has 2 saturated heterocycles. The fourth-order valence-corrected chi connectivity index (χ4v) is 4.52. The maximum absolute atomic E-state index is 5.71. The summed E-state index contributed by atoms with van der Waals surface area (Å²) < 4.78 is 16.9. The van der Waals surface area contributed by atoms with E-state index in [9.17, 15) is 0 Å². The fourth-order valence-electron chi connectivity index (χ4n) is 3.71. The first kappa shape index (κ1) is 17.9. The van der Waals surface area contributed by atoms with Gasteiger partial charge in [-0.1, -0.05) is 0 Å². The summed E-state index contributed by atoms with van der Waals surface area (Å²) in [6.07, 6.45) is 2.38. The van der Waals surface area contributed by atoms with Gasteiger partial charge in [0.15, 0.2) is 6.29 Å². The van der Waals surface area contributed by atoms with Crippen molar-refractivity contribution in [3.05, 3.63) is 35.3 Å². The Kier molecular flexibility index (Phi) is 5.84. The highest BCUT2D eigenvalue weighted by atomic mass is 32.1. The van der Waals surface area contributed by atoms with E-state index in [-0.39, 0.29) is 6.29 Å². The summed E-state index contributed by atoms with van der Waals surface area (Å²) in [5.41, 5.74) is 2.29. The third kappa shape index (κ3) is 4.26. The lowest BCUT2D eigenvalue weighted by atomic mass is 9.97. The van der Waals surface area contributed by atoms with Crippen LogP contribution in [0.3, 0.4) is 0 Å². The molecule has 1 atom stereocenters. The van der Waals surface area contributed by atoms with Gasteiger partial charge in [-0.05, 0) is 50.6 Å². The number of benzene rings is 1. The maximum atomic E-state index is 5.71. The van der Waals surface area contributed by atoms with E-state index in [1.54, 1.807) is 11.3 Å². The summed E-state index contributed by atoms with van der Waals surface area (Å²) >= 11 is 1.71. The van der Waals surface area contributed by atoms with Gasteiger partial charge >= 0.3 is 0 Å². The van der Waals surface area contributed by atoms with Gasteiger partial charge in [-0.25, -0.2) is 4.98 Å². The molecule has 4 rings (SSSR count). The van der Waals surface area contributed by atoms with E-state index in [1.807, 2.05) is 19.1 Å². The summed E-state index contributed by atoms with van der Waals surface area (Å²) in [7, 11) is 0. The Balaban J connectivity index is 1.37. The van der Waals surface area contributed by atoms with Crippen molar-refractivity contribution in [3.63, 3.8) is 0 Å². The Morgan fingerprint density at radius 1 is 1.23 bits per heavy atom. The zero-order chi connectivity index (χ0) is 17.8. The van der Waals surface area contributed by atoms with Gasteiger partial charge in [0.1, 0.15) is 10.8 Å². The standard InChI is InChI=1S/C20H26N2O3S/c1-2-23-18-7-5-15(6-8-18)19-21-17(14-26-19)13-22-9-3-4-16(12-22)20-24-10-11-25-20/h5-8,14,16,20H,2-4,9-13H2,1H3. The van der Waals surface area contributed by atoms with Crippen LogP contribution in [0.5, 0.6) is 5.75 Å². The second-order valence-electron chi connectivity index (χ2n) is 6.85. The van der Waals surface area contributed by atoms with Crippen LogP contribution in [0.1, 0.15) is 25.5 Å². The molecule has 1 aromatic heterocycles. The molecule has 0 aliphatic carbocycles. The predicted octanol–water partition coefficient (Wildman–Crippen LogP) is 3.79. The van der Waals surface area contributed by atoms with Crippen LogP contribution in [0.25, 0.3) is 10.6 Å². The molecule has 2 fully saturated rings. The zero-order valence-corrected chi connectivity index (χ0v) is 16.0. The number of likely N-dealkylation sites (tertiary alicyclic amines) is 1. The van der Waals surface area contributed by atoms with Gasteiger partial charge in [0.2, 0.25) is 0 Å². The average molecular weight is 375 g/mol. The Labute approximate surface area is 158 Å². The molecule has 0 amide bonds. The Bertz CT molecular complexity index is 697. The molecule has 0 spiro atoms. The lowest BCUT2D eigenvalue weighted by Crippen LogP contribution is -2.40. The Morgan fingerprint density at radius 3 is 2.81 bits per heavy atom. The third-order valence-corrected chi connectivity index (χ3v) is 5.86. The second kappa shape index (κ2) is 8.48. The van der Waals surface area contributed by atoms with E-state index in [2.05, 4.69) is 22.4 Å². The molecule has 1 unspecified atom stereocenters. The summed E-state index contributed by atoms with van der Waals surface area (Å²) in [6, 6.07) is 8.19. The van der Waals surface area contributed by atoms with E-state index >= 15 is 0 Å². The summed E-state index contributed by atoms with van der Waals surface area (Å²) in [5.74, 6) is 1.39. The van der Waals surface area contributed by atoms with Crippen molar-refractivity contribution in [3.8, 4) is 16.3 Å². The van der Waals surface area contributed by atoms with Crippen LogP contribution in [0.15, 0.2) is 29.6 Å². The van der Waals surface area contributed by atoms with Gasteiger partial charge in [0, 0.05) is 30.0 Å². The van der Waals surface area contributed by atoms with Crippen LogP contribution >= 0.6 is 11.3 Å². The average Bonchev–Trinajstić information content (AvgIpc) is 3.35. The summed E-state index contributed by atoms with van der Waals surface area (Å²) in [6.45, 7) is 7.21. The first-order valence-corrected chi connectivity index (χ1v) is 10.3. The van der Waals surface area contributed by atoms with Gasteiger partial charge in [0.25, 0.3) is 0 Å². The van der Waals surface area contributed by atoms with Crippen LogP contribution in [0.4, 0.5) is 0 Å². The fraction of sp³-hybridized carbons (Fsp3) is 0.550. The topological polar surface area (TPSA) is 43.8 Å². The largest absolute Gasteiger partial charge is 0.494 e. The van der Waals surface area contributed by atoms with Crippen LogP contribution in [-0.2, 0) is 16.0 Å². The minimum atomic E-state index is -0.00681. The molecule has 0 radical (unpaired) electrons. The van der Waals surface area contributed by atoms with Gasteiger partial charge in [-0.2, -0.15) is 0 Å². The Morgan fingerprint density at radius 2 is 2.04 bits per heavy atom. The SMILES string of the molecule is CCOc1ccc(-c2nc(CN3CCCC(C4OCCO4)C3)cs2)cc1. The Hall–Kier alpha value is -1.47. The lowest BCUT2D eigenvalue weighted by Gasteiger charge is -2.34. The highest BCUT2D eigenvalue weighted by Crippen LogP contribution is 2.28. The minimum Gasteiger partial charge on any atom is -0.494 e. The predicted molar refractivity (Wildman–Crippen MR) is 102 cm³/mol. The van der Waals surface area contributed by atoms with Gasteiger partial charge in [0.05, 0.1) is 25.5 Å². The van der Waals surface area contributed by atoms with Crippen molar-refractivity contribution in [2.24, 2.45) is 5.92 Å². The first-order chi connectivity index (χ1) is 12.8. The number of ether oxygens (including phenoxy) is 3. The normalized spacial score (nSPS) is 22.0. The number of hydrogen-bond donors (Lipinski definition) is 0. The highest BCUT2D eigenvalue weighted by Gasteiger charge is 2.31. The van der Waals surface area contributed by atoms with Gasteiger partial charge in [-0.15, -0.1) is 11.3 Å². The molecule has 1 aromatic carbocycles. The molecule has 140 valence electrons. The van der Waals surface area contributed by atoms with Crippen LogP contribution in [0, 0.1) is 5.92 Å². The molecule has 2 aliphatic heterocycles. The van der Waals surface area contributed by atoms with Crippen LogP contribution in [0.2, 0.25) is 0 Å². The van der Waals surface area contributed by atoms with E-state index < -0.39 is 0 Å². The smallest absolute Gasteiger partial charge is 0.161 e. The first-order valence-electron chi connectivity index (χ1n) is 9.45. The molecule has 3 heterocycles. The number of nitrogens with zero attached hydrogens (tertiary/aromatic N) is 2. The molecule has 26 heavy (non-hydrogen) atoms. The molecular weight excluding hydrogens is 348 g/mol. The van der Waals surface area contributed by atoms with E-state index in [1.165, 1.54) is 12.8 Å². The van der Waals surface area contributed by atoms with Crippen molar-refractivity contribution >= 4 is 11.3 Å². The molecule has 6 heteroatoms. The molecule has 2 aromatic rings. The number of hydrogen-bond acceptors (Lipinski definition) is 6. The summed E-state index contributed by atoms with van der Waals surface area (Å²) in [4.78, 5) is 7.33. The van der Waals surface area contributed by atoms with Crippen molar-refractivity contribution < 1.29 is 14.2 Å². The quantitative estimate of drug-likeness (QED) is 0.770. The van der Waals surface area contributed by atoms with E-state index in [0.29, 0.717) is 12.5 Å². The maximum Gasteiger partial charge on any atom is 0.161 e. The van der Waals surface area contributed by atoms with Crippen molar-refractivity contribution in [2.45, 2.75) is 32.6 Å².